The van der Waals surface area contributed by atoms with Gasteiger partial charge in [-0.15, -0.1) is 0 Å². The van der Waals surface area contributed by atoms with E-state index < -0.39 is 0 Å². The van der Waals surface area contributed by atoms with Gasteiger partial charge in [-0.1, -0.05) is 13.3 Å². The molecule has 1 fully saturated rings. The quantitative estimate of drug-likeness (QED) is 0.555. The highest BCUT2D eigenvalue weighted by atomic mass is 127. The maximum atomic E-state index is 5.57. The summed E-state index contributed by atoms with van der Waals surface area (Å²) in [6.07, 6.45) is 2.25. The molecule has 1 heterocycles. The Morgan fingerprint density at radius 3 is 2.80 bits per heavy atom. The largest absolute Gasteiger partial charge is 0.375 e. The molecule has 10 heavy (non-hydrogen) atoms. The Kier molecular flexibility index (Phi) is 3.39. The van der Waals surface area contributed by atoms with Crippen molar-refractivity contribution in [1.29, 1.82) is 0 Å². The molecule has 0 spiro atoms. The molecule has 0 aromatic carbocycles. The highest BCUT2D eigenvalue weighted by Crippen LogP contribution is 2.28. The maximum Gasteiger partial charge on any atom is 0.142 e. The number of hydrogen-bond donors (Lipinski definition) is 0. The lowest BCUT2D eigenvalue weighted by molar-refractivity contribution is -0.101. The van der Waals surface area contributed by atoms with E-state index in [1.807, 2.05) is 0 Å². The van der Waals surface area contributed by atoms with Crippen molar-refractivity contribution in [3.05, 3.63) is 0 Å². The molecule has 3 heteroatoms. The van der Waals surface area contributed by atoms with Crippen molar-refractivity contribution in [2.45, 2.75) is 23.4 Å². The molecule has 1 aliphatic rings. The van der Waals surface area contributed by atoms with Crippen LogP contribution in [-0.4, -0.2) is 23.4 Å². The first kappa shape index (κ1) is 8.74. The average Bonchev–Trinajstić information content (AvgIpc) is 1.89. The molecule has 0 bridgehead atoms. The van der Waals surface area contributed by atoms with Gasteiger partial charge >= 0.3 is 0 Å². The summed E-state index contributed by atoms with van der Waals surface area (Å²) in [5.74, 6) is 0. The number of rotatable bonds is 2. The first-order valence-electron chi connectivity index (χ1n) is 3.67. The number of alkyl halides is 1. The van der Waals surface area contributed by atoms with Gasteiger partial charge < -0.3 is 9.47 Å². The Morgan fingerprint density at radius 1 is 1.50 bits per heavy atom. The lowest BCUT2D eigenvalue weighted by Crippen LogP contribution is -2.37. The first-order valence-corrected chi connectivity index (χ1v) is 4.75. The van der Waals surface area contributed by atoms with Gasteiger partial charge in [-0.05, 0) is 29.0 Å². The molecule has 1 atom stereocenters. The first-order chi connectivity index (χ1) is 4.77. The predicted molar refractivity (Wildman–Crippen MR) is 48.4 cm³/mol. The number of halogens is 1. The third-order valence-electron chi connectivity index (χ3n) is 1.53. The molecule has 1 aliphatic heterocycles. The normalized spacial score (nSPS) is 34.2. The van der Waals surface area contributed by atoms with Crippen LogP contribution in [-0.2, 0) is 9.47 Å². The molecular formula is C7H13IO2. The SMILES string of the molecule is CCCC1(I)COCCO1. The van der Waals surface area contributed by atoms with Crippen LogP contribution in [0.5, 0.6) is 0 Å². The average molecular weight is 256 g/mol. The smallest absolute Gasteiger partial charge is 0.142 e. The molecule has 1 rings (SSSR count). The zero-order valence-electron chi connectivity index (χ0n) is 6.23. The zero-order valence-corrected chi connectivity index (χ0v) is 8.39. The van der Waals surface area contributed by atoms with Crippen LogP contribution in [0.1, 0.15) is 19.8 Å². The monoisotopic (exact) mass is 256 g/mol. The summed E-state index contributed by atoms with van der Waals surface area (Å²) in [7, 11) is 0. The van der Waals surface area contributed by atoms with E-state index in [2.05, 4.69) is 29.5 Å². The second kappa shape index (κ2) is 3.88. The Morgan fingerprint density at radius 2 is 2.30 bits per heavy atom. The molecule has 0 radical (unpaired) electrons. The summed E-state index contributed by atoms with van der Waals surface area (Å²) >= 11 is 2.34. The minimum atomic E-state index is -0.0231. The molecule has 0 aromatic rings. The third-order valence-corrected chi connectivity index (χ3v) is 2.69. The van der Waals surface area contributed by atoms with E-state index in [1.54, 1.807) is 0 Å². The van der Waals surface area contributed by atoms with Crippen molar-refractivity contribution in [3.63, 3.8) is 0 Å². The van der Waals surface area contributed by atoms with Gasteiger partial charge in [0.05, 0.1) is 19.8 Å². The van der Waals surface area contributed by atoms with Crippen LogP contribution in [0.2, 0.25) is 0 Å². The Balaban J connectivity index is 2.32. The summed E-state index contributed by atoms with van der Waals surface area (Å²) in [5, 5.41) is 0. The van der Waals surface area contributed by atoms with Crippen LogP contribution in [0.4, 0.5) is 0 Å². The van der Waals surface area contributed by atoms with Gasteiger partial charge in [0, 0.05) is 0 Å². The van der Waals surface area contributed by atoms with Crippen molar-refractivity contribution in [1.82, 2.24) is 0 Å². The van der Waals surface area contributed by atoms with Crippen LogP contribution in [0.3, 0.4) is 0 Å². The van der Waals surface area contributed by atoms with Crippen molar-refractivity contribution < 1.29 is 9.47 Å². The van der Waals surface area contributed by atoms with Gasteiger partial charge in [0.25, 0.3) is 0 Å². The van der Waals surface area contributed by atoms with Gasteiger partial charge in [-0.25, -0.2) is 0 Å². The second-order valence-corrected chi connectivity index (χ2v) is 4.50. The van der Waals surface area contributed by atoms with Gasteiger partial charge in [-0.3, -0.25) is 0 Å². The van der Waals surface area contributed by atoms with Crippen LogP contribution < -0.4 is 0 Å². The van der Waals surface area contributed by atoms with Crippen molar-refractivity contribution in [3.8, 4) is 0 Å². The van der Waals surface area contributed by atoms with E-state index in [0.717, 1.165) is 32.7 Å². The van der Waals surface area contributed by atoms with Gasteiger partial charge in [0.2, 0.25) is 0 Å². The highest BCUT2D eigenvalue weighted by molar-refractivity contribution is 14.1. The minimum absolute atomic E-state index is 0.0231. The van der Waals surface area contributed by atoms with E-state index in [9.17, 15) is 0 Å². The van der Waals surface area contributed by atoms with Gasteiger partial charge in [0.15, 0.2) is 0 Å². The van der Waals surface area contributed by atoms with Crippen LogP contribution in [0.25, 0.3) is 0 Å². The standard InChI is InChI=1S/C7H13IO2/c1-2-3-7(8)6-9-4-5-10-7/h2-6H2,1H3. The third kappa shape index (κ3) is 2.36. The summed E-state index contributed by atoms with van der Waals surface area (Å²) in [6, 6.07) is 0. The second-order valence-electron chi connectivity index (χ2n) is 2.53. The highest BCUT2D eigenvalue weighted by Gasteiger charge is 2.29. The van der Waals surface area contributed by atoms with E-state index in [0.29, 0.717) is 0 Å². The Bertz CT molecular complexity index is 94.3. The minimum Gasteiger partial charge on any atom is -0.375 e. The topological polar surface area (TPSA) is 18.5 Å². The van der Waals surface area contributed by atoms with E-state index >= 15 is 0 Å². The molecule has 1 saturated heterocycles. The maximum absolute atomic E-state index is 5.57. The lowest BCUT2D eigenvalue weighted by Gasteiger charge is -2.31. The van der Waals surface area contributed by atoms with E-state index in [1.165, 1.54) is 0 Å². The zero-order chi connectivity index (χ0) is 7.45. The van der Waals surface area contributed by atoms with Crippen molar-refractivity contribution in [2.24, 2.45) is 0 Å². The van der Waals surface area contributed by atoms with Crippen LogP contribution in [0.15, 0.2) is 0 Å². The van der Waals surface area contributed by atoms with Crippen molar-refractivity contribution in [2.75, 3.05) is 19.8 Å². The van der Waals surface area contributed by atoms with Crippen molar-refractivity contribution >= 4 is 22.6 Å². The molecule has 0 saturated carbocycles. The summed E-state index contributed by atoms with van der Waals surface area (Å²) in [4.78, 5) is 0. The fraction of sp³-hybridized carbons (Fsp3) is 1.00. The molecule has 1 unspecified atom stereocenters. The Hall–Kier alpha value is 0.650. The fourth-order valence-electron chi connectivity index (χ4n) is 1.07. The molecule has 0 aliphatic carbocycles. The van der Waals surface area contributed by atoms with Gasteiger partial charge in [0.1, 0.15) is 3.61 Å². The molecule has 0 aromatic heterocycles. The van der Waals surface area contributed by atoms with Gasteiger partial charge in [-0.2, -0.15) is 0 Å². The molecule has 2 nitrogen and oxygen atoms in total. The molecule has 0 N–H and O–H groups in total. The Labute approximate surface area is 75.4 Å². The number of hydrogen-bond acceptors (Lipinski definition) is 2. The number of ether oxygens (including phenoxy) is 2. The fourth-order valence-corrected chi connectivity index (χ4v) is 2.05. The van der Waals surface area contributed by atoms with E-state index in [-0.39, 0.29) is 3.61 Å². The predicted octanol–water partition coefficient (Wildman–Crippen LogP) is 1.96. The van der Waals surface area contributed by atoms with E-state index in [4.69, 9.17) is 9.47 Å². The molecular weight excluding hydrogens is 243 g/mol. The van der Waals surface area contributed by atoms with Crippen LogP contribution in [0, 0.1) is 0 Å². The molecule has 60 valence electrons. The summed E-state index contributed by atoms with van der Waals surface area (Å²) in [5.41, 5.74) is 0. The molecule has 0 amide bonds. The lowest BCUT2D eigenvalue weighted by atomic mass is 10.2. The van der Waals surface area contributed by atoms with Crippen LogP contribution >= 0.6 is 22.6 Å². The summed E-state index contributed by atoms with van der Waals surface area (Å²) < 4.78 is 10.8. The summed E-state index contributed by atoms with van der Waals surface area (Å²) in [6.45, 7) is 4.43.